The third kappa shape index (κ3) is 5.99. The molecule has 0 saturated carbocycles. The van der Waals surface area contributed by atoms with Gasteiger partial charge in [0.2, 0.25) is 0 Å². The maximum absolute atomic E-state index is 12.9. The van der Waals surface area contributed by atoms with E-state index in [1.54, 1.807) is 25.2 Å². The first kappa shape index (κ1) is 21.7. The molecule has 0 aromatic heterocycles. The Hall–Kier alpha value is -4.00. The van der Waals surface area contributed by atoms with Crippen LogP contribution in [-0.2, 0) is 16.1 Å². The van der Waals surface area contributed by atoms with E-state index in [-0.39, 0.29) is 17.0 Å². The number of carbonyl (C=O) groups is 3. The first-order chi connectivity index (χ1) is 14.9. The Morgan fingerprint density at radius 1 is 0.871 bits per heavy atom. The lowest BCUT2D eigenvalue weighted by molar-refractivity contribution is -0.119. The molecule has 3 aromatic carbocycles. The Balaban J connectivity index is 1.63. The molecule has 7 heteroatoms. The molecule has 0 aliphatic rings. The Kier molecular flexibility index (Phi) is 7.11. The molecule has 3 aromatic rings. The number of carbonyl (C=O) groups excluding carboxylic acids is 3. The monoisotopic (exact) mass is 420 g/mol. The topological polar surface area (TPSA) is 75.7 Å². The second kappa shape index (κ2) is 10.2. The first-order valence-corrected chi connectivity index (χ1v) is 9.55. The summed E-state index contributed by atoms with van der Waals surface area (Å²) in [7, 11) is 1.65. The van der Waals surface area contributed by atoms with Crippen LogP contribution in [0.1, 0.15) is 26.3 Å². The normalized spacial score (nSPS) is 10.3. The standard InChI is InChI=1S/C24H21FN2O4/c1-27(15-17-7-3-2-4-8-17)23(29)20-9-5-6-10-21(20)24(30)31-16-22(28)26-19-13-11-18(25)12-14-19/h2-14H,15-16H2,1H3,(H,26,28). The second-order valence-electron chi connectivity index (χ2n) is 6.82. The van der Waals surface area contributed by atoms with Gasteiger partial charge in [0.05, 0.1) is 11.1 Å². The fourth-order valence-corrected chi connectivity index (χ4v) is 2.92. The number of nitrogens with zero attached hydrogens (tertiary/aromatic N) is 1. The van der Waals surface area contributed by atoms with Gasteiger partial charge >= 0.3 is 5.97 Å². The highest BCUT2D eigenvalue weighted by atomic mass is 19.1. The number of amides is 2. The zero-order chi connectivity index (χ0) is 22.2. The molecule has 0 atom stereocenters. The molecule has 0 fully saturated rings. The smallest absolute Gasteiger partial charge is 0.339 e. The summed E-state index contributed by atoms with van der Waals surface area (Å²) in [5, 5.41) is 2.50. The van der Waals surface area contributed by atoms with Crippen LogP contribution >= 0.6 is 0 Å². The van der Waals surface area contributed by atoms with Crippen LogP contribution in [0.2, 0.25) is 0 Å². The maximum Gasteiger partial charge on any atom is 0.339 e. The van der Waals surface area contributed by atoms with Crippen LogP contribution in [0, 0.1) is 5.82 Å². The van der Waals surface area contributed by atoms with Gasteiger partial charge in [-0.3, -0.25) is 9.59 Å². The molecule has 0 aliphatic heterocycles. The zero-order valence-corrected chi connectivity index (χ0v) is 16.9. The first-order valence-electron chi connectivity index (χ1n) is 9.55. The van der Waals surface area contributed by atoms with Crippen LogP contribution in [0.15, 0.2) is 78.9 Å². The Morgan fingerprint density at radius 2 is 1.48 bits per heavy atom. The molecule has 3 rings (SSSR count). The van der Waals surface area contributed by atoms with Crippen LogP contribution in [0.5, 0.6) is 0 Å². The Morgan fingerprint density at radius 3 is 2.16 bits per heavy atom. The van der Waals surface area contributed by atoms with E-state index >= 15 is 0 Å². The molecule has 0 radical (unpaired) electrons. The van der Waals surface area contributed by atoms with E-state index in [2.05, 4.69) is 5.32 Å². The minimum atomic E-state index is -0.786. The number of ether oxygens (including phenoxy) is 1. The summed E-state index contributed by atoms with van der Waals surface area (Å²) >= 11 is 0. The Labute approximate surface area is 179 Å². The molecule has 158 valence electrons. The molecule has 1 N–H and O–H groups in total. The number of halogens is 1. The molecule has 6 nitrogen and oxygen atoms in total. The summed E-state index contributed by atoms with van der Waals surface area (Å²) in [6.45, 7) is -0.165. The van der Waals surface area contributed by atoms with Gasteiger partial charge < -0.3 is 15.0 Å². The van der Waals surface area contributed by atoms with Crippen molar-refractivity contribution in [2.45, 2.75) is 6.54 Å². The molecule has 31 heavy (non-hydrogen) atoms. The van der Waals surface area contributed by atoms with E-state index in [1.807, 2.05) is 30.3 Å². The van der Waals surface area contributed by atoms with Gasteiger partial charge in [-0.05, 0) is 42.0 Å². The van der Waals surface area contributed by atoms with Gasteiger partial charge in [0.15, 0.2) is 6.61 Å². The predicted octanol–water partition coefficient (Wildman–Crippen LogP) is 3.89. The van der Waals surface area contributed by atoms with Crippen molar-refractivity contribution in [3.8, 4) is 0 Å². The minimum Gasteiger partial charge on any atom is -0.452 e. The van der Waals surface area contributed by atoms with Gasteiger partial charge in [0.25, 0.3) is 11.8 Å². The quantitative estimate of drug-likeness (QED) is 0.589. The van der Waals surface area contributed by atoms with Crippen molar-refractivity contribution in [2.75, 3.05) is 19.0 Å². The molecule has 0 unspecified atom stereocenters. The number of hydrogen-bond acceptors (Lipinski definition) is 4. The van der Waals surface area contributed by atoms with E-state index in [1.165, 1.54) is 35.2 Å². The van der Waals surface area contributed by atoms with E-state index < -0.39 is 24.3 Å². The average Bonchev–Trinajstić information content (AvgIpc) is 2.79. The summed E-state index contributed by atoms with van der Waals surface area (Å²) in [6, 6.07) is 21.0. The van der Waals surface area contributed by atoms with Crippen molar-refractivity contribution in [3.63, 3.8) is 0 Å². The van der Waals surface area contributed by atoms with Crippen molar-refractivity contribution in [2.24, 2.45) is 0 Å². The Bertz CT molecular complexity index is 1070. The molecule has 0 bridgehead atoms. The summed E-state index contributed by atoms with van der Waals surface area (Å²) in [4.78, 5) is 38.9. The number of benzene rings is 3. The molecule has 2 amide bonds. The van der Waals surface area contributed by atoms with Gasteiger partial charge in [-0.15, -0.1) is 0 Å². The fraction of sp³-hybridized carbons (Fsp3) is 0.125. The second-order valence-corrected chi connectivity index (χ2v) is 6.82. The molecular formula is C24H21FN2O4. The molecule has 0 saturated heterocycles. The number of nitrogens with one attached hydrogen (secondary N) is 1. The molecule has 0 spiro atoms. The van der Waals surface area contributed by atoms with Crippen molar-refractivity contribution in [1.29, 1.82) is 0 Å². The van der Waals surface area contributed by atoms with Crippen molar-refractivity contribution >= 4 is 23.5 Å². The van der Waals surface area contributed by atoms with E-state index in [9.17, 15) is 18.8 Å². The van der Waals surface area contributed by atoms with Crippen LogP contribution in [0.3, 0.4) is 0 Å². The number of hydrogen-bond donors (Lipinski definition) is 1. The van der Waals surface area contributed by atoms with Crippen LogP contribution < -0.4 is 5.32 Å². The summed E-state index contributed by atoms with van der Waals surface area (Å²) in [6.07, 6.45) is 0. The lowest BCUT2D eigenvalue weighted by atomic mass is 10.1. The lowest BCUT2D eigenvalue weighted by Gasteiger charge is -2.19. The fourth-order valence-electron chi connectivity index (χ4n) is 2.92. The maximum atomic E-state index is 12.9. The highest BCUT2D eigenvalue weighted by Gasteiger charge is 2.21. The van der Waals surface area contributed by atoms with Crippen LogP contribution in [0.4, 0.5) is 10.1 Å². The van der Waals surface area contributed by atoms with E-state index in [0.29, 0.717) is 12.2 Å². The van der Waals surface area contributed by atoms with Crippen molar-refractivity contribution in [3.05, 3.63) is 101 Å². The predicted molar refractivity (Wildman–Crippen MR) is 114 cm³/mol. The third-order valence-electron chi connectivity index (χ3n) is 4.45. The highest BCUT2D eigenvalue weighted by Crippen LogP contribution is 2.15. The molecule has 0 aliphatic carbocycles. The van der Waals surface area contributed by atoms with Gasteiger partial charge in [-0.2, -0.15) is 0 Å². The van der Waals surface area contributed by atoms with Gasteiger partial charge in [0, 0.05) is 19.3 Å². The number of anilines is 1. The largest absolute Gasteiger partial charge is 0.452 e. The van der Waals surface area contributed by atoms with E-state index in [4.69, 9.17) is 4.74 Å². The van der Waals surface area contributed by atoms with Crippen molar-refractivity contribution < 1.29 is 23.5 Å². The van der Waals surface area contributed by atoms with Gasteiger partial charge in [-0.1, -0.05) is 42.5 Å². The average molecular weight is 420 g/mol. The van der Waals surface area contributed by atoms with Gasteiger partial charge in [-0.25, -0.2) is 9.18 Å². The SMILES string of the molecule is CN(Cc1ccccc1)C(=O)c1ccccc1C(=O)OCC(=O)Nc1ccc(F)cc1. The molecule has 0 heterocycles. The van der Waals surface area contributed by atoms with Crippen molar-refractivity contribution in [1.82, 2.24) is 4.90 Å². The lowest BCUT2D eigenvalue weighted by Crippen LogP contribution is -2.28. The highest BCUT2D eigenvalue weighted by molar-refractivity contribution is 6.05. The number of esters is 1. The summed E-state index contributed by atoms with van der Waals surface area (Å²) in [5.74, 6) is -2.13. The third-order valence-corrected chi connectivity index (χ3v) is 4.45. The summed E-state index contributed by atoms with van der Waals surface area (Å²) < 4.78 is 18.0. The minimum absolute atomic E-state index is 0.0713. The molecular weight excluding hydrogens is 399 g/mol. The summed E-state index contributed by atoms with van der Waals surface area (Å²) in [5.41, 5.74) is 1.59. The van der Waals surface area contributed by atoms with Crippen LogP contribution in [0.25, 0.3) is 0 Å². The number of rotatable bonds is 7. The van der Waals surface area contributed by atoms with Gasteiger partial charge in [0.1, 0.15) is 5.82 Å². The zero-order valence-electron chi connectivity index (χ0n) is 16.9. The van der Waals surface area contributed by atoms with Crippen LogP contribution in [-0.4, -0.2) is 36.3 Å². The van der Waals surface area contributed by atoms with E-state index in [0.717, 1.165) is 5.56 Å².